The van der Waals surface area contributed by atoms with Crippen LogP contribution in [0.25, 0.3) is 0 Å². The predicted molar refractivity (Wildman–Crippen MR) is 71.2 cm³/mol. The van der Waals surface area contributed by atoms with Crippen molar-refractivity contribution < 1.29 is 17.9 Å². The molecule has 108 valence electrons. The Morgan fingerprint density at radius 1 is 1.20 bits per heavy atom. The third-order valence-corrected chi connectivity index (χ3v) is 3.14. The van der Waals surface area contributed by atoms with Crippen molar-refractivity contribution in [2.45, 2.75) is 12.5 Å². The molecule has 0 fully saturated rings. The predicted octanol–water partition coefficient (Wildman–Crippen LogP) is 4.64. The Kier molecular flexibility index (Phi) is 4.36. The Bertz CT molecular complexity index is 554. The molecule has 0 saturated heterocycles. The summed E-state index contributed by atoms with van der Waals surface area (Å²) in [5.74, 6) is 0.0903. The number of allylic oxidation sites excluding steroid dienone is 1. The monoisotopic (exact) mass is 344 g/mol. The van der Waals surface area contributed by atoms with E-state index in [1.165, 1.54) is 12.1 Å². The zero-order valence-corrected chi connectivity index (χ0v) is 11.8. The molecule has 0 saturated carbocycles. The van der Waals surface area contributed by atoms with Crippen molar-refractivity contribution in [2.75, 3.05) is 0 Å². The number of benzene rings is 1. The van der Waals surface area contributed by atoms with E-state index in [2.05, 4.69) is 4.99 Å². The summed E-state index contributed by atoms with van der Waals surface area (Å²) in [6.07, 6.45) is -4.43. The number of ether oxygens (including phenoxy) is 1. The Hall–Kier alpha value is -1.11. The molecule has 1 atom stereocenters. The van der Waals surface area contributed by atoms with Crippen LogP contribution in [0.15, 0.2) is 35.0 Å². The van der Waals surface area contributed by atoms with Crippen molar-refractivity contribution in [1.29, 1.82) is 0 Å². The quantitative estimate of drug-likeness (QED) is 0.729. The van der Waals surface area contributed by atoms with Gasteiger partial charge in [0.05, 0.1) is 15.6 Å². The van der Waals surface area contributed by atoms with E-state index in [-0.39, 0.29) is 15.8 Å². The van der Waals surface area contributed by atoms with Crippen LogP contribution >= 0.6 is 35.0 Å². The molecule has 20 heavy (non-hydrogen) atoms. The van der Waals surface area contributed by atoms with Crippen LogP contribution in [0, 0.1) is 0 Å². The summed E-state index contributed by atoms with van der Waals surface area (Å²) in [4.78, 5) is 3.58. The van der Waals surface area contributed by atoms with Gasteiger partial charge in [0.15, 0.2) is 5.75 Å². The maximum absolute atomic E-state index is 12.5. The minimum Gasteiger partial charge on any atom is -0.446 e. The summed E-state index contributed by atoms with van der Waals surface area (Å²) < 4.78 is 43.4. The van der Waals surface area contributed by atoms with E-state index in [4.69, 9.17) is 39.7 Å². The topological polar surface area (TPSA) is 24.8 Å². The summed E-state index contributed by atoms with van der Waals surface area (Å²) in [7, 11) is 0. The first kappa shape index (κ1) is 15.3. The van der Waals surface area contributed by atoms with Crippen molar-refractivity contribution in [1.82, 2.24) is 4.42 Å². The highest BCUT2D eigenvalue weighted by atomic mass is 35.5. The zero-order chi connectivity index (χ0) is 14.9. The second-order valence-corrected chi connectivity index (χ2v) is 4.90. The average Bonchev–Trinajstić information content (AvgIpc) is 2.34. The van der Waals surface area contributed by atoms with Crippen LogP contribution in [-0.2, 0) is 0 Å². The molecular formula is C11H6Cl3F3N2O. The van der Waals surface area contributed by atoms with Crippen molar-refractivity contribution in [2.24, 2.45) is 4.99 Å². The highest BCUT2D eigenvalue weighted by molar-refractivity contribution is 6.37. The van der Waals surface area contributed by atoms with Crippen molar-refractivity contribution in [3.8, 4) is 5.75 Å². The first-order chi connectivity index (χ1) is 9.29. The Balaban J connectivity index is 2.18. The molecule has 0 amide bonds. The summed E-state index contributed by atoms with van der Waals surface area (Å²) in [5, 5.41) is 0.395. The molecule has 0 bridgehead atoms. The number of halogens is 6. The maximum Gasteiger partial charge on any atom is 0.419 e. The number of aliphatic imine (C=N–C) groups is 1. The van der Waals surface area contributed by atoms with E-state index in [9.17, 15) is 13.2 Å². The van der Waals surface area contributed by atoms with Crippen molar-refractivity contribution in [3.05, 3.63) is 40.0 Å². The van der Waals surface area contributed by atoms with Crippen LogP contribution in [0.2, 0.25) is 10.0 Å². The number of hydrogen-bond acceptors (Lipinski definition) is 3. The molecule has 0 aliphatic carbocycles. The van der Waals surface area contributed by atoms with Gasteiger partial charge in [0.25, 0.3) is 6.35 Å². The molecule has 1 aliphatic rings. The zero-order valence-electron chi connectivity index (χ0n) is 9.53. The standard InChI is InChI=1S/C11H6Cl3F3N2O/c12-7-2-1-3-8(13)9(7)20-10-18-4-6(5-19(10)14)11(15,16)17/h1-5,10H. The smallest absolute Gasteiger partial charge is 0.419 e. The molecule has 2 rings (SSSR count). The van der Waals surface area contributed by atoms with Gasteiger partial charge < -0.3 is 4.74 Å². The van der Waals surface area contributed by atoms with Gasteiger partial charge in [-0.1, -0.05) is 29.3 Å². The van der Waals surface area contributed by atoms with Crippen LogP contribution in [-0.4, -0.2) is 23.2 Å². The highest BCUT2D eigenvalue weighted by Crippen LogP contribution is 2.35. The van der Waals surface area contributed by atoms with Crippen LogP contribution in [0.4, 0.5) is 13.2 Å². The molecule has 1 aromatic carbocycles. The van der Waals surface area contributed by atoms with Crippen LogP contribution in [0.3, 0.4) is 0 Å². The third kappa shape index (κ3) is 3.31. The second-order valence-electron chi connectivity index (χ2n) is 3.70. The number of alkyl halides is 3. The number of nitrogens with zero attached hydrogens (tertiary/aromatic N) is 2. The van der Waals surface area contributed by atoms with E-state index in [1.807, 2.05) is 0 Å². The molecule has 1 aliphatic heterocycles. The molecule has 1 heterocycles. The summed E-state index contributed by atoms with van der Waals surface area (Å²) >= 11 is 17.4. The summed E-state index contributed by atoms with van der Waals surface area (Å²) in [6.45, 7) is 0. The molecule has 0 spiro atoms. The van der Waals surface area contributed by atoms with E-state index >= 15 is 0 Å². The first-order valence-electron chi connectivity index (χ1n) is 5.16. The first-order valence-corrected chi connectivity index (χ1v) is 6.25. The minimum absolute atomic E-state index is 0.0903. The largest absolute Gasteiger partial charge is 0.446 e. The summed E-state index contributed by atoms with van der Waals surface area (Å²) in [5.41, 5.74) is -0.988. The lowest BCUT2D eigenvalue weighted by molar-refractivity contribution is -0.0874. The van der Waals surface area contributed by atoms with Gasteiger partial charge in [-0.25, -0.2) is 9.41 Å². The molecule has 0 aromatic heterocycles. The van der Waals surface area contributed by atoms with Gasteiger partial charge in [-0.15, -0.1) is 0 Å². The molecule has 1 aromatic rings. The van der Waals surface area contributed by atoms with Gasteiger partial charge in [0, 0.05) is 24.2 Å². The molecule has 3 nitrogen and oxygen atoms in total. The van der Waals surface area contributed by atoms with Crippen molar-refractivity contribution >= 4 is 41.2 Å². The normalized spacial score (nSPS) is 19.0. The lowest BCUT2D eigenvalue weighted by atomic mass is 10.3. The van der Waals surface area contributed by atoms with Crippen LogP contribution in [0.5, 0.6) is 5.75 Å². The van der Waals surface area contributed by atoms with E-state index in [1.54, 1.807) is 6.07 Å². The fourth-order valence-electron chi connectivity index (χ4n) is 1.37. The second kappa shape index (κ2) is 5.71. The Labute approximate surface area is 127 Å². The minimum atomic E-state index is -4.54. The van der Waals surface area contributed by atoms with Gasteiger partial charge >= 0.3 is 6.18 Å². The molecule has 9 heteroatoms. The van der Waals surface area contributed by atoms with Gasteiger partial charge in [0.1, 0.15) is 0 Å². The fourth-order valence-corrected chi connectivity index (χ4v) is 2.05. The van der Waals surface area contributed by atoms with Gasteiger partial charge in [-0.3, -0.25) is 0 Å². The lowest BCUT2D eigenvalue weighted by Gasteiger charge is -2.26. The number of para-hydroxylation sites is 1. The van der Waals surface area contributed by atoms with E-state index in [0.29, 0.717) is 16.8 Å². The summed E-state index contributed by atoms with van der Waals surface area (Å²) in [6, 6.07) is 4.64. The number of hydrogen-bond donors (Lipinski definition) is 0. The fraction of sp³-hybridized carbons (Fsp3) is 0.182. The van der Waals surface area contributed by atoms with Crippen LogP contribution in [0.1, 0.15) is 0 Å². The SMILES string of the molecule is FC(F)(F)C1=CN(Cl)C(Oc2c(Cl)cccc2Cl)N=C1. The number of rotatable bonds is 2. The van der Waals surface area contributed by atoms with Crippen LogP contribution < -0.4 is 4.74 Å². The van der Waals surface area contributed by atoms with E-state index in [0.717, 1.165) is 0 Å². The third-order valence-electron chi connectivity index (χ3n) is 2.28. The molecular weight excluding hydrogens is 339 g/mol. The molecule has 0 N–H and O–H groups in total. The maximum atomic E-state index is 12.5. The molecule has 1 unspecified atom stereocenters. The van der Waals surface area contributed by atoms with Gasteiger partial charge in [0.2, 0.25) is 0 Å². The van der Waals surface area contributed by atoms with Crippen molar-refractivity contribution in [3.63, 3.8) is 0 Å². The van der Waals surface area contributed by atoms with Gasteiger partial charge in [-0.2, -0.15) is 13.2 Å². The Morgan fingerprint density at radius 2 is 1.80 bits per heavy atom. The molecule has 0 radical (unpaired) electrons. The van der Waals surface area contributed by atoms with Gasteiger partial charge in [-0.05, 0) is 12.1 Å². The Morgan fingerprint density at radius 3 is 2.30 bits per heavy atom. The van der Waals surface area contributed by atoms with E-state index < -0.39 is 18.1 Å². The average molecular weight is 346 g/mol. The highest BCUT2D eigenvalue weighted by Gasteiger charge is 2.36. The lowest BCUT2D eigenvalue weighted by Crippen LogP contribution is -2.32.